The van der Waals surface area contributed by atoms with Gasteiger partial charge in [0.05, 0.1) is 0 Å². The van der Waals surface area contributed by atoms with Gasteiger partial charge in [0.15, 0.2) is 0 Å². The van der Waals surface area contributed by atoms with Gasteiger partial charge in [-0.3, -0.25) is 14.9 Å². The van der Waals surface area contributed by atoms with Crippen LogP contribution in [0.1, 0.15) is 10.4 Å². The molecule has 0 bridgehead atoms. The lowest BCUT2D eigenvalue weighted by Gasteiger charge is -2.06. The van der Waals surface area contributed by atoms with E-state index in [4.69, 9.17) is 10.8 Å². The Balaban J connectivity index is 2.63. The van der Waals surface area contributed by atoms with Crippen LogP contribution in [0.3, 0.4) is 0 Å². The van der Waals surface area contributed by atoms with Crippen molar-refractivity contribution in [3.05, 3.63) is 42.0 Å². The topological polar surface area (TPSA) is 139 Å². The van der Waals surface area contributed by atoms with Gasteiger partial charge >= 0.3 is 12.0 Å². The van der Waals surface area contributed by atoms with Crippen LogP contribution in [-0.2, 0) is 9.59 Å². The summed E-state index contributed by atoms with van der Waals surface area (Å²) in [6, 6.07) is 4.92. The summed E-state index contributed by atoms with van der Waals surface area (Å²) in [7, 11) is 0. The molecule has 104 valence electrons. The Morgan fingerprint density at radius 2 is 1.85 bits per heavy atom. The first-order valence-corrected chi connectivity index (χ1v) is 5.31. The van der Waals surface area contributed by atoms with Crippen LogP contribution < -0.4 is 16.4 Å². The number of hydrogen-bond acceptors (Lipinski definition) is 4. The summed E-state index contributed by atoms with van der Waals surface area (Å²) in [6.07, 6.45) is 1.29. The Labute approximate surface area is 113 Å². The maximum Gasteiger partial charge on any atom is 0.328 e. The van der Waals surface area contributed by atoms with E-state index in [0.29, 0.717) is 12.2 Å². The number of urea groups is 1. The minimum atomic E-state index is -1.31. The van der Waals surface area contributed by atoms with Gasteiger partial charge in [0, 0.05) is 23.4 Å². The van der Waals surface area contributed by atoms with Crippen molar-refractivity contribution in [1.29, 1.82) is 0 Å². The number of carbonyl (C=O) groups excluding carboxylic acids is 3. The highest BCUT2D eigenvalue weighted by atomic mass is 16.4. The summed E-state index contributed by atoms with van der Waals surface area (Å²) in [6.45, 7) is 0. The summed E-state index contributed by atoms with van der Waals surface area (Å²) in [5.74, 6) is -2.86. The van der Waals surface area contributed by atoms with E-state index in [-0.39, 0.29) is 11.3 Å². The number of imide groups is 1. The van der Waals surface area contributed by atoms with E-state index in [2.05, 4.69) is 5.32 Å². The Morgan fingerprint density at radius 3 is 2.45 bits per heavy atom. The lowest BCUT2D eigenvalue weighted by Crippen LogP contribution is -2.33. The van der Waals surface area contributed by atoms with Gasteiger partial charge in [-0.1, -0.05) is 6.07 Å². The Kier molecular flexibility index (Phi) is 4.98. The van der Waals surface area contributed by atoms with E-state index in [1.54, 1.807) is 0 Å². The van der Waals surface area contributed by atoms with Crippen LogP contribution >= 0.6 is 0 Å². The molecule has 0 atom stereocenters. The Bertz CT molecular complexity index is 595. The van der Waals surface area contributed by atoms with Crippen molar-refractivity contribution >= 4 is 29.5 Å². The molecule has 4 amide bonds. The zero-order valence-electron chi connectivity index (χ0n) is 10.1. The van der Waals surface area contributed by atoms with Crippen LogP contribution in [0.5, 0.6) is 0 Å². The van der Waals surface area contributed by atoms with Gasteiger partial charge in [0.25, 0.3) is 5.91 Å². The lowest BCUT2D eigenvalue weighted by molar-refractivity contribution is -0.131. The molecule has 0 aliphatic heterocycles. The number of carbonyl (C=O) groups is 4. The standard InChI is InChI=1S/C12H11N3O5/c13-11(19)7-2-1-3-8(6-7)14-12(20)15-9(16)4-5-10(17)18/h1-6H,(H2,13,19)(H,17,18)(H2,14,15,16,20)/b5-4+. The Hall–Kier alpha value is -3.16. The number of aliphatic carboxylic acids is 1. The summed E-state index contributed by atoms with van der Waals surface area (Å²) >= 11 is 0. The van der Waals surface area contributed by atoms with Crippen LogP contribution in [0.15, 0.2) is 36.4 Å². The van der Waals surface area contributed by atoms with Crippen molar-refractivity contribution < 1.29 is 24.3 Å². The molecule has 20 heavy (non-hydrogen) atoms. The van der Waals surface area contributed by atoms with Gasteiger partial charge in [-0.2, -0.15) is 0 Å². The lowest BCUT2D eigenvalue weighted by atomic mass is 10.2. The molecule has 0 saturated heterocycles. The first kappa shape index (κ1) is 14.9. The normalized spacial score (nSPS) is 10.0. The van der Waals surface area contributed by atoms with Crippen molar-refractivity contribution in [3.8, 4) is 0 Å². The number of hydrogen-bond donors (Lipinski definition) is 4. The minimum absolute atomic E-state index is 0.194. The molecule has 1 rings (SSSR count). The molecule has 0 saturated carbocycles. The van der Waals surface area contributed by atoms with Crippen LogP contribution in [-0.4, -0.2) is 28.9 Å². The predicted molar refractivity (Wildman–Crippen MR) is 68.9 cm³/mol. The van der Waals surface area contributed by atoms with Gasteiger partial charge in [0.1, 0.15) is 0 Å². The number of carboxylic acids is 1. The van der Waals surface area contributed by atoms with Gasteiger partial charge in [-0.25, -0.2) is 9.59 Å². The number of nitrogens with two attached hydrogens (primary N) is 1. The number of primary amides is 1. The van der Waals surface area contributed by atoms with Gasteiger partial charge in [-0.05, 0) is 18.2 Å². The predicted octanol–water partition coefficient (Wildman–Crippen LogP) is 0.0744. The molecule has 0 aliphatic carbocycles. The van der Waals surface area contributed by atoms with Crippen molar-refractivity contribution in [2.45, 2.75) is 0 Å². The van der Waals surface area contributed by atoms with E-state index >= 15 is 0 Å². The van der Waals surface area contributed by atoms with Gasteiger partial charge in [-0.15, -0.1) is 0 Å². The van der Waals surface area contributed by atoms with Crippen LogP contribution in [0.25, 0.3) is 0 Å². The Morgan fingerprint density at radius 1 is 1.15 bits per heavy atom. The number of nitrogens with one attached hydrogen (secondary N) is 2. The van der Waals surface area contributed by atoms with Crippen molar-refractivity contribution in [3.63, 3.8) is 0 Å². The molecule has 0 aliphatic rings. The second-order valence-electron chi connectivity index (χ2n) is 3.56. The monoisotopic (exact) mass is 277 g/mol. The number of amides is 4. The minimum Gasteiger partial charge on any atom is -0.478 e. The van der Waals surface area contributed by atoms with Gasteiger partial charge in [0.2, 0.25) is 5.91 Å². The summed E-state index contributed by atoms with van der Waals surface area (Å²) in [5, 5.41) is 12.5. The smallest absolute Gasteiger partial charge is 0.328 e. The van der Waals surface area contributed by atoms with E-state index in [0.717, 1.165) is 0 Å². The highest BCUT2D eigenvalue weighted by Gasteiger charge is 2.07. The zero-order chi connectivity index (χ0) is 15.1. The van der Waals surface area contributed by atoms with Crippen LogP contribution in [0.4, 0.5) is 10.5 Å². The molecule has 1 aromatic carbocycles. The van der Waals surface area contributed by atoms with Crippen molar-refractivity contribution in [2.75, 3.05) is 5.32 Å². The third-order valence-corrected chi connectivity index (χ3v) is 2.02. The molecule has 0 radical (unpaired) electrons. The zero-order valence-corrected chi connectivity index (χ0v) is 10.1. The maximum atomic E-state index is 11.4. The fourth-order valence-electron chi connectivity index (χ4n) is 1.21. The van der Waals surface area contributed by atoms with Crippen LogP contribution in [0.2, 0.25) is 0 Å². The third kappa shape index (κ3) is 5.00. The molecule has 8 nitrogen and oxygen atoms in total. The third-order valence-electron chi connectivity index (χ3n) is 2.02. The molecule has 0 aromatic heterocycles. The molecule has 0 unspecified atom stereocenters. The second kappa shape index (κ2) is 6.69. The largest absolute Gasteiger partial charge is 0.478 e. The number of anilines is 1. The van der Waals surface area contributed by atoms with Crippen molar-refractivity contribution in [2.24, 2.45) is 5.73 Å². The van der Waals surface area contributed by atoms with Crippen LogP contribution in [0, 0.1) is 0 Å². The molecule has 0 heterocycles. The van der Waals surface area contributed by atoms with Crippen molar-refractivity contribution in [1.82, 2.24) is 5.32 Å². The average Bonchev–Trinajstić information content (AvgIpc) is 2.36. The fourth-order valence-corrected chi connectivity index (χ4v) is 1.21. The second-order valence-corrected chi connectivity index (χ2v) is 3.56. The molecule has 8 heteroatoms. The molecule has 5 N–H and O–H groups in total. The molecular formula is C12H11N3O5. The molecule has 0 fully saturated rings. The highest BCUT2D eigenvalue weighted by Crippen LogP contribution is 2.09. The number of benzene rings is 1. The van der Waals surface area contributed by atoms with E-state index in [1.165, 1.54) is 24.3 Å². The molecule has 1 aromatic rings. The first-order chi connectivity index (χ1) is 9.38. The highest BCUT2D eigenvalue weighted by molar-refractivity contribution is 6.06. The summed E-state index contributed by atoms with van der Waals surface area (Å²) in [4.78, 5) is 43.6. The van der Waals surface area contributed by atoms with E-state index in [1.807, 2.05) is 5.32 Å². The maximum absolute atomic E-state index is 11.4. The fraction of sp³-hybridized carbons (Fsp3) is 0. The summed E-state index contributed by atoms with van der Waals surface area (Å²) < 4.78 is 0. The van der Waals surface area contributed by atoms with E-state index in [9.17, 15) is 19.2 Å². The van der Waals surface area contributed by atoms with Gasteiger partial charge < -0.3 is 16.2 Å². The SMILES string of the molecule is NC(=O)c1cccc(NC(=O)NC(=O)/C=C/C(=O)O)c1. The average molecular weight is 277 g/mol. The molecule has 0 spiro atoms. The summed E-state index contributed by atoms with van der Waals surface area (Å²) in [5.41, 5.74) is 5.53. The number of carboxylic acid groups (broad SMARTS) is 1. The number of rotatable bonds is 4. The van der Waals surface area contributed by atoms with E-state index < -0.39 is 23.8 Å². The first-order valence-electron chi connectivity index (χ1n) is 5.31. The molecular weight excluding hydrogens is 266 g/mol. The quantitative estimate of drug-likeness (QED) is 0.577.